The summed E-state index contributed by atoms with van der Waals surface area (Å²) in [6.07, 6.45) is 0.796. The Balaban J connectivity index is 2.13. The van der Waals surface area contributed by atoms with Crippen molar-refractivity contribution >= 4 is 38.3 Å². The molecule has 104 valence electrons. The Morgan fingerprint density at radius 2 is 2.11 bits per heavy atom. The molecule has 1 amide bonds. The second kappa shape index (κ2) is 5.78. The third-order valence-electron chi connectivity index (χ3n) is 3.35. The summed E-state index contributed by atoms with van der Waals surface area (Å²) in [5, 5.41) is 0. The average molecular weight is 393 g/mol. The topological polar surface area (TPSA) is 54.5 Å². The van der Waals surface area contributed by atoms with Gasteiger partial charge in [-0.25, -0.2) is 8.42 Å². The predicted molar refractivity (Wildman–Crippen MR) is 83.1 cm³/mol. The van der Waals surface area contributed by atoms with E-state index in [9.17, 15) is 13.2 Å². The third kappa shape index (κ3) is 3.47. The van der Waals surface area contributed by atoms with Gasteiger partial charge in [0.2, 0.25) is 0 Å². The largest absolute Gasteiger partial charge is 0.337 e. The van der Waals surface area contributed by atoms with E-state index in [-0.39, 0.29) is 17.4 Å². The molecule has 0 radical (unpaired) electrons. The number of carbonyl (C=O) groups is 1. The minimum absolute atomic E-state index is 0.0499. The fourth-order valence-electron chi connectivity index (χ4n) is 2.10. The molecule has 4 nitrogen and oxygen atoms in total. The highest BCUT2D eigenvalue weighted by Crippen LogP contribution is 2.21. The number of amides is 1. The highest BCUT2D eigenvalue weighted by atomic mass is 127. The first kappa shape index (κ1) is 14.8. The Bertz CT molecular complexity index is 598. The minimum atomic E-state index is -3.02. The number of rotatable bonds is 4. The van der Waals surface area contributed by atoms with Gasteiger partial charge in [-0.15, -0.1) is 0 Å². The maximum atomic E-state index is 12.3. The van der Waals surface area contributed by atoms with Crippen molar-refractivity contribution in [1.29, 1.82) is 0 Å². The van der Waals surface area contributed by atoms with Gasteiger partial charge in [0, 0.05) is 28.0 Å². The van der Waals surface area contributed by atoms with E-state index >= 15 is 0 Å². The van der Waals surface area contributed by atoms with Crippen LogP contribution in [0.3, 0.4) is 0 Å². The highest BCUT2D eigenvalue weighted by molar-refractivity contribution is 14.1. The van der Waals surface area contributed by atoms with E-state index in [1.54, 1.807) is 11.8 Å². The minimum Gasteiger partial charge on any atom is -0.337 e. The van der Waals surface area contributed by atoms with E-state index in [2.05, 4.69) is 22.6 Å². The first-order valence-electron chi connectivity index (χ1n) is 6.21. The number of fused-ring (bicyclic) bond motifs is 1. The summed E-state index contributed by atoms with van der Waals surface area (Å²) in [7, 11) is -3.02. The third-order valence-corrected chi connectivity index (χ3v) is 5.71. The molecule has 6 heteroatoms. The number of hydrogen-bond acceptors (Lipinski definition) is 3. The lowest BCUT2D eigenvalue weighted by molar-refractivity contribution is 0.0750. The molecule has 19 heavy (non-hydrogen) atoms. The van der Waals surface area contributed by atoms with Crippen molar-refractivity contribution in [2.45, 2.75) is 13.3 Å². The Morgan fingerprint density at radius 3 is 2.79 bits per heavy atom. The van der Waals surface area contributed by atoms with Gasteiger partial charge in [-0.3, -0.25) is 4.79 Å². The van der Waals surface area contributed by atoms with Gasteiger partial charge >= 0.3 is 0 Å². The van der Waals surface area contributed by atoms with Gasteiger partial charge in [0.05, 0.1) is 5.75 Å². The molecule has 1 aliphatic heterocycles. The molecule has 1 aliphatic rings. The molecule has 0 bridgehead atoms. The predicted octanol–water partition coefficient (Wildman–Crippen LogP) is 1.72. The van der Waals surface area contributed by atoms with Crippen molar-refractivity contribution in [3.8, 4) is 0 Å². The number of nitrogens with zero attached hydrogens (tertiary/aromatic N) is 1. The standard InChI is InChI=1S/C13H16INO3S/c1-2-19(17,18)8-7-15-6-5-10-3-4-11(14)9-12(10)13(15)16/h3-4,9H,2,5-8H2,1H3. The van der Waals surface area contributed by atoms with Gasteiger partial charge in [0.15, 0.2) is 9.84 Å². The average Bonchev–Trinajstić information content (AvgIpc) is 2.39. The lowest BCUT2D eigenvalue weighted by Gasteiger charge is -2.28. The SMILES string of the molecule is CCS(=O)(=O)CCN1CCc2ccc(I)cc2C1=O. The van der Waals surface area contributed by atoms with Gasteiger partial charge in [0.25, 0.3) is 5.91 Å². The molecule has 0 saturated heterocycles. The van der Waals surface area contributed by atoms with Gasteiger partial charge in [-0.05, 0) is 46.7 Å². The lowest BCUT2D eigenvalue weighted by Crippen LogP contribution is -2.40. The maximum Gasteiger partial charge on any atom is 0.254 e. The van der Waals surface area contributed by atoms with Crippen LogP contribution in [0, 0.1) is 3.57 Å². The van der Waals surface area contributed by atoms with Crippen molar-refractivity contribution in [2.75, 3.05) is 24.6 Å². The number of hydrogen-bond donors (Lipinski definition) is 0. The Labute approximate surface area is 127 Å². The number of benzene rings is 1. The first-order chi connectivity index (χ1) is 8.93. The molecule has 0 fully saturated rings. The van der Waals surface area contributed by atoms with Crippen LogP contribution in [0.25, 0.3) is 0 Å². The lowest BCUT2D eigenvalue weighted by atomic mass is 9.99. The Hall–Kier alpha value is -0.630. The van der Waals surface area contributed by atoms with Crippen LogP contribution in [0.1, 0.15) is 22.8 Å². The highest BCUT2D eigenvalue weighted by Gasteiger charge is 2.25. The van der Waals surface area contributed by atoms with Crippen LogP contribution in [0.4, 0.5) is 0 Å². The molecule has 0 unspecified atom stereocenters. The number of carbonyl (C=O) groups excluding carboxylic acids is 1. The number of sulfone groups is 1. The molecule has 2 rings (SSSR count). The summed E-state index contributed by atoms with van der Waals surface area (Å²) in [5.74, 6) is 0.129. The van der Waals surface area contributed by atoms with Crippen molar-refractivity contribution in [3.05, 3.63) is 32.9 Å². The van der Waals surface area contributed by atoms with E-state index in [0.29, 0.717) is 18.7 Å². The zero-order chi connectivity index (χ0) is 14.0. The zero-order valence-electron chi connectivity index (χ0n) is 10.7. The van der Waals surface area contributed by atoms with E-state index in [0.717, 1.165) is 15.6 Å². The molecule has 1 heterocycles. The van der Waals surface area contributed by atoms with Crippen LogP contribution in [-0.4, -0.2) is 43.8 Å². The van der Waals surface area contributed by atoms with Gasteiger partial charge < -0.3 is 4.90 Å². The summed E-state index contributed by atoms with van der Waals surface area (Å²) < 4.78 is 24.0. The van der Waals surface area contributed by atoms with Gasteiger partial charge in [-0.1, -0.05) is 13.0 Å². The van der Waals surface area contributed by atoms with Crippen molar-refractivity contribution in [3.63, 3.8) is 0 Å². The molecule has 0 aliphatic carbocycles. The fourth-order valence-corrected chi connectivity index (χ4v) is 3.38. The fraction of sp³-hybridized carbons (Fsp3) is 0.462. The van der Waals surface area contributed by atoms with Crippen LogP contribution in [0.2, 0.25) is 0 Å². The van der Waals surface area contributed by atoms with Crippen LogP contribution in [0.5, 0.6) is 0 Å². The molecular weight excluding hydrogens is 377 g/mol. The van der Waals surface area contributed by atoms with Crippen molar-refractivity contribution < 1.29 is 13.2 Å². The van der Waals surface area contributed by atoms with E-state index < -0.39 is 9.84 Å². The summed E-state index contributed by atoms with van der Waals surface area (Å²) in [4.78, 5) is 13.9. The summed E-state index contributed by atoms with van der Waals surface area (Å²) in [5.41, 5.74) is 1.77. The molecular formula is C13H16INO3S. The molecule has 0 spiro atoms. The normalized spacial score (nSPS) is 15.5. The van der Waals surface area contributed by atoms with Crippen molar-refractivity contribution in [1.82, 2.24) is 4.90 Å². The summed E-state index contributed by atoms with van der Waals surface area (Å²) in [6.45, 7) is 2.52. The van der Waals surface area contributed by atoms with E-state index in [4.69, 9.17) is 0 Å². The summed E-state index contributed by atoms with van der Waals surface area (Å²) in [6, 6.07) is 5.84. The van der Waals surface area contributed by atoms with Gasteiger partial charge in [-0.2, -0.15) is 0 Å². The van der Waals surface area contributed by atoms with Crippen molar-refractivity contribution in [2.24, 2.45) is 0 Å². The molecule has 1 aromatic rings. The van der Waals surface area contributed by atoms with E-state index in [1.165, 1.54) is 0 Å². The quantitative estimate of drug-likeness (QED) is 0.733. The molecule has 0 aromatic heterocycles. The second-order valence-corrected chi connectivity index (χ2v) is 8.30. The Kier molecular flexibility index (Phi) is 4.50. The summed E-state index contributed by atoms with van der Waals surface area (Å²) >= 11 is 2.18. The maximum absolute atomic E-state index is 12.3. The van der Waals surface area contributed by atoms with Crippen LogP contribution in [0.15, 0.2) is 18.2 Å². The monoisotopic (exact) mass is 393 g/mol. The zero-order valence-corrected chi connectivity index (χ0v) is 13.7. The van der Waals surface area contributed by atoms with Crippen LogP contribution in [-0.2, 0) is 16.3 Å². The second-order valence-electron chi connectivity index (χ2n) is 4.58. The van der Waals surface area contributed by atoms with E-state index in [1.807, 2.05) is 18.2 Å². The smallest absolute Gasteiger partial charge is 0.254 e. The molecule has 0 atom stereocenters. The van der Waals surface area contributed by atoms with Crippen LogP contribution >= 0.6 is 22.6 Å². The molecule has 0 N–H and O–H groups in total. The number of halogens is 1. The molecule has 1 aromatic carbocycles. The molecule has 0 saturated carbocycles. The Morgan fingerprint density at radius 1 is 1.37 bits per heavy atom. The van der Waals surface area contributed by atoms with Gasteiger partial charge in [0.1, 0.15) is 0 Å². The first-order valence-corrected chi connectivity index (χ1v) is 9.11. The van der Waals surface area contributed by atoms with Crippen LogP contribution < -0.4 is 0 Å².